The van der Waals surface area contributed by atoms with Gasteiger partial charge in [-0.25, -0.2) is 4.39 Å². The van der Waals surface area contributed by atoms with Gasteiger partial charge in [0.1, 0.15) is 5.82 Å². The summed E-state index contributed by atoms with van der Waals surface area (Å²) in [5.74, 6) is -0.171. The van der Waals surface area contributed by atoms with Crippen LogP contribution in [0.15, 0.2) is 18.2 Å². The first-order valence-electron chi connectivity index (χ1n) is 7.00. The third kappa shape index (κ3) is 4.29. The number of hydrogen-bond donors (Lipinski definition) is 1. The molecule has 0 heterocycles. The average Bonchev–Trinajstić information content (AvgIpc) is 2.38. The van der Waals surface area contributed by atoms with Gasteiger partial charge in [0.15, 0.2) is 0 Å². The van der Waals surface area contributed by atoms with Crippen LogP contribution >= 0.6 is 0 Å². The van der Waals surface area contributed by atoms with Crippen LogP contribution in [0.5, 0.6) is 0 Å². The van der Waals surface area contributed by atoms with Gasteiger partial charge in [0.25, 0.3) is 0 Å². The van der Waals surface area contributed by atoms with Crippen molar-refractivity contribution in [3.8, 4) is 0 Å². The molecule has 0 saturated heterocycles. The van der Waals surface area contributed by atoms with Gasteiger partial charge in [0.05, 0.1) is 0 Å². The van der Waals surface area contributed by atoms with E-state index in [0.29, 0.717) is 5.56 Å². The number of benzene rings is 1. The van der Waals surface area contributed by atoms with Gasteiger partial charge in [-0.15, -0.1) is 0 Å². The summed E-state index contributed by atoms with van der Waals surface area (Å²) in [5, 5.41) is 0. The van der Waals surface area contributed by atoms with E-state index in [1.165, 1.54) is 0 Å². The number of nitrogens with two attached hydrogens (primary N) is 1. The van der Waals surface area contributed by atoms with Crippen molar-refractivity contribution in [2.24, 2.45) is 5.73 Å². The maximum absolute atomic E-state index is 13.5. The van der Waals surface area contributed by atoms with Crippen LogP contribution in [0.1, 0.15) is 50.8 Å². The highest BCUT2D eigenvalue weighted by molar-refractivity contribution is 5.25. The molecule has 1 rings (SSSR count). The fourth-order valence-corrected chi connectivity index (χ4v) is 1.91. The van der Waals surface area contributed by atoms with E-state index in [0.717, 1.165) is 24.9 Å². The molecule has 0 radical (unpaired) electrons. The Labute approximate surface area is 116 Å². The van der Waals surface area contributed by atoms with E-state index in [1.807, 2.05) is 6.07 Å². The summed E-state index contributed by atoms with van der Waals surface area (Å²) in [7, 11) is 2.12. The Balaban J connectivity index is 2.60. The lowest BCUT2D eigenvalue weighted by atomic mass is 9.98. The molecule has 1 aromatic rings. The molecule has 108 valence electrons. The molecule has 0 spiro atoms. The largest absolute Gasteiger partial charge is 0.324 e. The van der Waals surface area contributed by atoms with Crippen LogP contribution in [0.25, 0.3) is 0 Å². The Morgan fingerprint density at radius 1 is 1.37 bits per heavy atom. The highest BCUT2D eigenvalue weighted by atomic mass is 19.1. The predicted molar refractivity (Wildman–Crippen MR) is 79.7 cm³/mol. The van der Waals surface area contributed by atoms with E-state index < -0.39 is 0 Å². The number of aryl methyl sites for hydroxylation is 1. The molecule has 0 bridgehead atoms. The average molecular weight is 266 g/mol. The molecule has 0 aromatic heterocycles. The molecule has 1 unspecified atom stereocenters. The SMILES string of the molecule is CCC(C)(C)N(C)CCC(N)c1ccc(C)c(F)c1. The van der Waals surface area contributed by atoms with Crippen LogP contribution in [0.4, 0.5) is 4.39 Å². The van der Waals surface area contributed by atoms with E-state index in [9.17, 15) is 4.39 Å². The van der Waals surface area contributed by atoms with Gasteiger partial charge in [0, 0.05) is 18.1 Å². The van der Waals surface area contributed by atoms with Crippen LogP contribution < -0.4 is 5.73 Å². The second kappa shape index (κ2) is 6.49. The lowest BCUT2D eigenvalue weighted by molar-refractivity contribution is 0.146. The quantitative estimate of drug-likeness (QED) is 0.851. The van der Waals surface area contributed by atoms with Crippen LogP contribution in [0.2, 0.25) is 0 Å². The normalized spacial score (nSPS) is 13.9. The van der Waals surface area contributed by atoms with Crippen LogP contribution in [0, 0.1) is 12.7 Å². The molecule has 0 aliphatic carbocycles. The summed E-state index contributed by atoms with van der Waals surface area (Å²) in [6, 6.07) is 5.17. The van der Waals surface area contributed by atoms with Crippen molar-refractivity contribution in [1.82, 2.24) is 4.90 Å². The van der Waals surface area contributed by atoms with Crippen molar-refractivity contribution >= 4 is 0 Å². The van der Waals surface area contributed by atoms with Crippen LogP contribution in [-0.4, -0.2) is 24.0 Å². The molecule has 19 heavy (non-hydrogen) atoms. The Kier molecular flexibility index (Phi) is 5.50. The standard InChI is InChI=1S/C16H27FN2/c1-6-16(3,4)19(5)10-9-15(18)13-8-7-12(2)14(17)11-13/h7-8,11,15H,6,9-10,18H2,1-5H3. The van der Waals surface area contributed by atoms with Crippen LogP contribution in [0.3, 0.4) is 0 Å². The van der Waals surface area contributed by atoms with E-state index in [1.54, 1.807) is 19.1 Å². The number of halogens is 1. The topological polar surface area (TPSA) is 29.3 Å². The maximum Gasteiger partial charge on any atom is 0.126 e. The minimum absolute atomic E-state index is 0.106. The molecule has 0 aliphatic heterocycles. The molecule has 0 fully saturated rings. The van der Waals surface area contributed by atoms with Gasteiger partial charge in [0.2, 0.25) is 0 Å². The van der Waals surface area contributed by atoms with Crippen molar-refractivity contribution in [2.75, 3.05) is 13.6 Å². The zero-order valence-electron chi connectivity index (χ0n) is 12.8. The first-order chi connectivity index (χ1) is 8.77. The smallest absolute Gasteiger partial charge is 0.126 e. The van der Waals surface area contributed by atoms with Gasteiger partial charge in [-0.1, -0.05) is 19.1 Å². The Bertz CT molecular complexity index is 415. The maximum atomic E-state index is 13.5. The summed E-state index contributed by atoms with van der Waals surface area (Å²) >= 11 is 0. The summed E-state index contributed by atoms with van der Waals surface area (Å²) in [6.07, 6.45) is 1.93. The first kappa shape index (κ1) is 16.1. The van der Waals surface area contributed by atoms with Gasteiger partial charge in [-0.3, -0.25) is 0 Å². The molecule has 1 aromatic carbocycles. The molecule has 2 N–H and O–H groups in total. The molecular formula is C16H27FN2. The fourth-order valence-electron chi connectivity index (χ4n) is 1.91. The summed E-state index contributed by atoms with van der Waals surface area (Å²) in [6.45, 7) is 9.32. The molecule has 0 saturated carbocycles. The third-order valence-electron chi connectivity index (χ3n) is 4.30. The van der Waals surface area contributed by atoms with Crippen molar-refractivity contribution in [3.05, 3.63) is 35.1 Å². The second-order valence-corrected chi connectivity index (χ2v) is 5.99. The van der Waals surface area contributed by atoms with E-state index in [2.05, 4.69) is 32.7 Å². The number of rotatable bonds is 6. The lowest BCUT2D eigenvalue weighted by Gasteiger charge is -2.35. The van der Waals surface area contributed by atoms with E-state index >= 15 is 0 Å². The lowest BCUT2D eigenvalue weighted by Crippen LogP contribution is -2.41. The highest BCUT2D eigenvalue weighted by Gasteiger charge is 2.21. The zero-order valence-corrected chi connectivity index (χ0v) is 12.8. The van der Waals surface area contributed by atoms with Gasteiger partial charge >= 0.3 is 0 Å². The Morgan fingerprint density at radius 2 is 2.00 bits per heavy atom. The van der Waals surface area contributed by atoms with Crippen molar-refractivity contribution < 1.29 is 4.39 Å². The van der Waals surface area contributed by atoms with Gasteiger partial charge in [-0.05, 0) is 57.9 Å². The monoisotopic (exact) mass is 266 g/mol. The minimum Gasteiger partial charge on any atom is -0.324 e. The fraction of sp³-hybridized carbons (Fsp3) is 0.625. The Morgan fingerprint density at radius 3 is 2.53 bits per heavy atom. The van der Waals surface area contributed by atoms with Gasteiger partial charge in [-0.2, -0.15) is 0 Å². The molecule has 3 heteroatoms. The molecule has 2 nitrogen and oxygen atoms in total. The number of nitrogens with zero attached hydrogens (tertiary/aromatic N) is 1. The minimum atomic E-state index is -0.171. The summed E-state index contributed by atoms with van der Waals surface area (Å²) in [4.78, 5) is 2.32. The zero-order chi connectivity index (χ0) is 14.6. The van der Waals surface area contributed by atoms with Crippen LogP contribution in [-0.2, 0) is 0 Å². The van der Waals surface area contributed by atoms with Crippen molar-refractivity contribution in [3.63, 3.8) is 0 Å². The number of hydrogen-bond acceptors (Lipinski definition) is 2. The summed E-state index contributed by atoms with van der Waals surface area (Å²) < 4.78 is 13.5. The summed E-state index contributed by atoms with van der Waals surface area (Å²) in [5.41, 5.74) is 7.88. The molecule has 0 amide bonds. The van der Waals surface area contributed by atoms with E-state index in [4.69, 9.17) is 5.73 Å². The van der Waals surface area contributed by atoms with Crippen molar-refractivity contribution in [2.45, 2.75) is 52.1 Å². The van der Waals surface area contributed by atoms with Gasteiger partial charge < -0.3 is 10.6 Å². The molecule has 0 aliphatic rings. The Hall–Kier alpha value is -0.930. The predicted octanol–water partition coefficient (Wildman–Crippen LogP) is 3.64. The highest BCUT2D eigenvalue weighted by Crippen LogP contribution is 2.21. The van der Waals surface area contributed by atoms with E-state index in [-0.39, 0.29) is 17.4 Å². The third-order valence-corrected chi connectivity index (χ3v) is 4.30. The van der Waals surface area contributed by atoms with Crippen molar-refractivity contribution in [1.29, 1.82) is 0 Å². The second-order valence-electron chi connectivity index (χ2n) is 5.99. The molecule has 1 atom stereocenters. The first-order valence-corrected chi connectivity index (χ1v) is 7.00. The molecular weight excluding hydrogens is 239 g/mol.